The van der Waals surface area contributed by atoms with Crippen molar-refractivity contribution in [1.29, 1.82) is 0 Å². The summed E-state index contributed by atoms with van der Waals surface area (Å²) in [5, 5.41) is 8.17. The third kappa shape index (κ3) is 6.26. The molecule has 0 bridgehead atoms. The molecule has 5 aliphatic heterocycles. The lowest BCUT2D eigenvalue weighted by Crippen LogP contribution is -2.69. The Hall–Kier alpha value is -6.19. The quantitative estimate of drug-likeness (QED) is 0.219. The molecule has 5 aromatic rings. The Morgan fingerprint density at radius 1 is 0.737 bits per heavy atom. The fraction of sp³-hybridized carbons (Fsp3) is 0.357. The number of carbonyl (C=O) groups excluding carboxylic acids is 4. The second-order valence-corrected chi connectivity index (χ2v) is 15.7. The van der Waals surface area contributed by atoms with Crippen LogP contribution in [-0.4, -0.2) is 115 Å². The maximum absolute atomic E-state index is 13.3. The number of amides is 4. The van der Waals surface area contributed by atoms with Gasteiger partial charge < -0.3 is 15.4 Å². The third-order valence-corrected chi connectivity index (χ3v) is 12.3. The second kappa shape index (κ2) is 14.1. The van der Waals surface area contributed by atoms with E-state index in [-0.39, 0.29) is 24.8 Å². The number of carbonyl (C=O) groups is 4. The first-order valence-electron chi connectivity index (χ1n) is 19.7. The summed E-state index contributed by atoms with van der Waals surface area (Å²) in [4.78, 5) is 68.0. The van der Waals surface area contributed by atoms with Crippen molar-refractivity contribution >= 4 is 46.2 Å². The molecular formula is C42H42N10O5. The minimum absolute atomic E-state index is 0.0958. The summed E-state index contributed by atoms with van der Waals surface area (Å²) in [6.45, 7) is 5.73. The number of nitrogens with zero attached hydrogens (tertiary/aromatic N) is 8. The molecule has 0 radical (unpaired) electrons. The average molecular weight is 767 g/mol. The molecule has 2 unspecified atom stereocenters. The molecule has 57 heavy (non-hydrogen) atoms. The fourth-order valence-corrected chi connectivity index (χ4v) is 9.04. The molecule has 2 atom stereocenters. The number of rotatable bonds is 8. The van der Waals surface area contributed by atoms with Gasteiger partial charge in [-0.05, 0) is 86.8 Å². The predicted molar refractivity (Wildman–Crippen MR) is 211 cm³/mol. The molecule has 290 valence electrons. The number of benzene rings is 3. The van der Waals surface area contributed by atoms with Crippen LogP contribution in [-0.2, 0) is 9.59 Å². The number of para-hydroxylation sites is 1. The maximum atomic E-state index is 13.3. The van der Waals surface area contributed by atoms with Gasteiger partial charge in [0, 0.05) is 62.5 Å². The molecule has 7 heterocycles. The van der Waals surface area contributed by atoms with Gasteiger partial charge in [0.25, 0.3) is 11.8 Å². The van der Waals surface area contributed by atoms with E-state index < -0.39 is 23.8 Å². The summed E-state index contributed by atoms with van der Waals surface area (Å²) < 4.78 is 8.09. The summed E-state index contributed by atoms with van der Waals surface area (Å²) >= 11 is 0. The number of nitrogens with one attached hydrogen (secondary N) is 1. The van der Waals surface area contributed by atoms with Gasteiger partial charge in [0.15, 0.2) is 5.65 Å². The SMILES string of the molecule is Nc1ncnc2c1c(-c1ccc(Oc3ccccc3)cc1)nn2C1CCCN(C2CN(C3CN(c4ccc5c(c4)C(=O)N(C4CCC(=O)NC4=O)C5=O)C3)C2)CC1. The van der Waals surface area contributed by atoms with E-state index in [1.54, 1.807) is 12.1 Å². The molecule has 4 fully saturated rings. The summed E-state index contributed by atoms with van der Waals surface area (Å²) in [5.74, 6) is -0.0204. The van der Waals surface area contributed by atoms with Crippen molar-refractivity contribution in [3.05, 3.63) is 90.3 Å². The maximum Gasteiger partial charge on any atom is 0.262 e. The lowest BCUT2D eigenvalue weighted by Gasteiger charge is -2.54. The van der Waals surface area contributed by atoms with E-state index in [2.05, 4.69) is 34.7 Å². The van der Waals surface area contributed by atoms with Gasteiger partial charge in [-0.1, -0.05) is 18.2 Å². The first kappa shape index (κ1) is 35.2. The number of nitrogens with two attached hydrogens (primary N) is 1. The number of likely N-dealkylation sites (tertiary alicyclic amines) is 2. The number of ether oxygens (including phenoxy) is 1. The molecule has 4 amide bonds. The highest BCUT2D eigenvalue weighted by Gasteiger charge is 2.46. The van der Waals surface area contributed by atoms with E-state index in [9.17, 15) is 19.2 Å². The van der Waals surface area contributed by atoms with E-state index >= 15 is 0 Å². The molecule has 2 aromatic heterocycles. The zero-order valence-corrected chi connectivity index (χ0v) is 31.3. The van der Waals surface area contributed by atoms with Crippen molar-refractivity contribution in [2.24, 2.45) is 0 Å². The highest BCUT2D eigenvalue weighted by molar-refractivity contribution is 6.23. The number of hydrogen-bond donors (Lipinski definition) is 2. The van der Waals surface area contributed by atoms with Crippen molar-refractivity contribution in [1.82, 2.24) is 39.8 Å². The van der Waals surface area contributed by atoms with Crippen molar-refractivity contribution in [3.63, 3.8) is 0 Å². The van der Waals surface area contributed by atoms with Gasteiger partial charge in [-0.3, -0.25) is 39.2 Å². The van der Waals surface area contributed by atoms with E-state index in [1.165, 1.54) is 6.33 Å². The number of nitrogen functional groups attached to an aromatic ring is 1. The molecule has 0 aliphatic carbocycles. The first-order valence-corrected chi connectivity index (χ1v) is 19.7. The molecule has 0 spiro atoms. The highest BCUT2D eigenvalue weighted by Crippen LogP contribution is 2.37. The molecule has 15 heteroatoms. The molecular weight excluding hydrogens is 725 g/mol. The Kier molecular flexibility index (Phi) is 8.70. The lowest BCUT2D eigenvalue weighted by atomic mass is 9.97. The topological polar surface area (TPSA) is 172 Å². The van der Waals surface area contributed by atoms with Crippen LogP contribution in [0.1, 0.15) is 58.9 Å². The van der Waals surface area contributed by atoms with Crippen LogP contribution >= 0.6 is 0 Å². The molecule has 3 N–H and O–H groups in total. The Morgan fingerprint density at radius 2 is 1.49 bits per heavy atom. The van der Waals surface area contributed by atoms with Crippen LogP contribution in [0.4, 0.5) is 11.5 Å². The summed E-state index contributed by atoms with van der Waals surface area (Å²) in [6.07, 6.45) is 4.76. The molecule has 3 aromatic carbocycles. The van der Waals surface area contributed by atoms with Crippen molar-refractivity contribution in [2.75, 3.05) is 49.9 Å². The minimum Gasteiger partial charge on any atom is -0.457 e. The largest absolute Gasteiger partial charge is 0.457 e. The summed E-state index contributed by atoms with van der Waals surface area (Å²) in [7, 11) is 0. The fourth-order valence-electron chi connectivity index (χ4n) is 9.04. The second-order valence-electron chi connectivity index (χ2n) is 15.7. The Morgan fingerprint density at radius 3 is 2.28 bits per heavy atom. The minimum atomic E-state index is -0.968. The third-order valence-electron chi connectivity index (χ3n) is 12.3. The average Bonchev–Trinajstić information content (AvgIpc) is 3.56. The number of imide groups is 2. The monoisotopic (exact) mass is 766 g/mol. The molecule has 5 aliphatic rings. The Bertz CT molecular complexity index is 2410. The number of hydrogen-bond acceptors (Lipinski definition) is 12. The molecule has 10 rings (SSSR count). The van der Waals surface area contributed by atoms with Gasteiger partial charge >= 0.3 is 0 Å². The van der Waals surface area contributed by atoms with Crippen LogP contribution in [0.2, 0.25) is 0 Å². The van der Waals surface area contributed by atoms with Crippen molar-refractivity contribution in [2.45, 2.75) is 56.3 Å². The number of aromatic nitrogens is 4. The number of fused-ring (bicyclic) bond motifs is 2. The van der Waals surface area contributed by atoms with Gasteiger partial charge in [-0.15, -0.1) is 0 Å². The van der Waals surface area contributed by atoms with Crippen LogP contribution in [0, 0.1) is 0 Å². The molecule has 0 saturated carbocycles. The zero-order chi connectivity index (χ0) is 38.8. The molecule has 15 nitrogen and oxygen atoms in total. The predicted octanol–water partition coefficient (Wildman–Crippen LogP) is 3.87. The van der Waals surface area contributed by atoms with Crippen LogP contribution in [0.25, 0.3) is 22.3 Å². The van der Waals surface area contributed by atoms with Crippen LogP contribution in [0.3, 0.4) is 0 Å². The number of piperidine rings is 1. The van der Waals surface area contributed by atoms with Crippen LogP contribution in [0.15, 0.2) is 79.1 Å². The molecule has 4 saturated heterocycles. The van der Waals surface area contributed by atoms with Gasteiger partial charge in [0.1, 0.15) is 35.4 Å². The standard InChI is InChI=1S/C42H42N10O5/c43-38-36-37(25-8-11-31(12-9-25)57-30-6-2-1-3-7-30)47-52(39(36)45-24-44-38)26-5-4-17-48(18-16-26)28-20-50(21-28)29-22-49(23-29)27-10-13-32-33(19-27)42(56)51(41(32)55)34-14-15-35(53)46-40(34)54/h1-3,6-13,19,24,26,28-29,34H,4-5,14-18,20-23H2,(H2,43,44,45)(H,46,53,54). The van der Waals surface area contributed by atoms with Crippen LogP contribution < -0.4 is 20.7 Å². The van der Waals surface area contributed by atoms with Crippen molar-refractivity contribution in [3.8, 4) is 22.8 Å². The van der Waals surface area contributed by atoms with Crippen LogP contribution in [0.5, 0.6) is 11.5 Å². The summed E-state index contributed by atoms with van der Waals surface area (Å²) in [6, 6.07) is 23.1. The smallest absolute Gasteiger partial charge is 0.262 e. The zero-order valence-electron chi connectivity index (χ0n) is 31.3. The van der Waals surface area contributed by atoms with E-state index in [1.807, 2.05) is 60.7 Å². The lowest BCUT2D eigenvalue weighted by molar-refractivity contribution is -0.136. The van der Waals surface area contributed by atoms with E-state index in [0.717, 1.165) is 103 Å². The van der Waals surface area contributed by atoms with Gasteiger partial charge in [0.2, 0.25) is 11.8 Å². The van der Waals surface area contributed by atoms with E-state index in [4.69, 9.17) is 15.6 Å². The summed E-state index contributed by atoms with van der Waals surface area (Å²) in [5.41, 5.74) is 10.4. The van der Waals surface area contributed by atoms with Gasteiger partial charge in [-0.2, -0.15) is 5.10 Å². The highest BCUT2D eigenvalue weighted by atomic mass is 16.5. The van der Waals surface area contributed by atoms with E-state index in [0.29, 0.717) is 29.0 Å². The first-order chi connectivity index (χ1) is 27.8. The van der Waals surface area contributed by atoms with Gasteiger partial charge in [-0.25, -0.2) is 14.6 Å². The normalized spacial score (nSPS) is 22.3. The van der Waals surface area contributed by atoms with Crippen molar-refractivity contribution < 1.29 is 23.9 Å². The Labute approximate surface area is 328 Å². The Balaban J connectivity index is 0.751. The van der Waals surface area contributed by atoms with Gasteiger partial charge in [0.05, 0.1) is 22.6 Å². The number of anilines is 2.